The number of likely N-dealkylation sites (N-methyl/N-ethyl adjacent to an activating group) is 1. The highest BCUT2D eigenvalue weighted by Crippen LogP contribution is 2.35. The molecule has 1 aromatic heterocycles. The number of para-hydroxylation sites is 1. The van der Waals surface area contributed by atoms with Crippen LogP contribution in [0.2, 0.25) is 0 Å². The number of fused-ring (bicyclic) bond motifs is 1. The number of pyridine rings is 1. The maximum atomic E-state index is 13.7. The van der Waals surface area contributed by atoms with E-state index in [0.717, 1.165) is 11.3 Å². The van der Waals surface area contributed by atoms with Gasteiger partial charge in [-0.05, 0) is 55.9 Å². The molecule has 0 spiro atoms. The third-order valence-corrected chi connectivity index (χ3v) is 6.99. The van der Waals surface area contributed by atoms with E-state index in [2.05, 4.69) is 15.2 Å². The molecule has 0 unspecified atom stereocenters. The molecule has 1 aliphatic heterocycles. The fourth-order valence-electron chi connectivity index (χ4n) is 4.67. The van der Waals surface area contributed by atoms with Gasteiger partial charge in [0, 0.05) is 43.5 Å². The Bertz CT molecular complexity index is 1270. The Morgan fingerprint density at radius 1 is 1.21 bits per heavy atom. The van der Waals surface area contributed by atoms with Crippen molar-refractivity contribution in [2.24, 2.45) is 5.92 Å². The molecule has 1 aliphatic rings. The van der Waals surface area contributed by atoms with Crippen LogP contribution < -0.4 is 14.8 Å². The highest BCUT2D eigenvalue weighted by atomic mass is 16.5. The lowest BCUT2D eigenvalue weighted by atomic mass is 9.98. The van der Waals surface area contributed by atoms with Crippen molar-refractivity contribution in [3.8, 4) is 11.5 Å². The Kier molecular flexibility index (Phi) is 9.16. The van der Waals surface area contributed by atoms with Gasteiger partial charge in [0.05, 0.1) is 31.0 Å². The van der Waals surface area contributed by atoms with Crippen molar-refractivity contribution in [2.45, 2.75) is 32.5 Å². The number of ether oxygens (including phenoxy) is 2. The normalized spacial score (nSPS) is 18.0. The van der Waals surface area contributed by atoms with Crippen LogP contribution >= 0.6 is 0 Å². The first-order valence-electron chi connectivity index (χ1n) is 13.0. The van der Waals surface area contributed by atoms with E-state index in [1.54, 1.807) is 54.7 Å². The summed E-state index contributed by atoms with van der Waals surface area (Å²) in [7, 11) is 3.67. The van der Waals surface area contributed by atoms with E-state index in [1.807, 2.05) is 45.2 Å². The van der Waals surface area contributed by atoms with Gasteiger partial charge in [-0.25, -0.2) is 0 Å². The van der Waals surface area contributed by atoms with Gasteiger partial charge in [0.25, 0.3) is 11.8 Å². The van der Waals surface area contributed by atoms with Crippen molar-refractivity contribution in [1.29, 1.82) is 0 Å². The second-order valence-electron chi connectivity index (χ2n) is 10.0. The Hall–Kier alpha value is -3.95. The van der Waals surface area contributed by atoms with E-state index < -0.39 is 0 Å². The number of methoxy groups -OCH3 is 1. The number of benzene rings is 2. The summed E-state index contributed by atoms with van der Waals surface area (Å²) in [4.78, 5) is 34.5. The summed E-state index contributed by atoms with van der Waals surface area (Å²) in [6, 6.07) is 16.0. The second-order valence-corrected chi connectivity index (χ2v) is 10.0. The molecule has 2 N–H and O–H groups in total. The molecule has 4 rings (SSSR count). The summed E-state index contributed by atoms with van der Waals surface area (Å²) >= 11 is 0. The van der Waals surface area contributed by atoms with Crippen LogP contribution in [0, 0.1) is 5.92 Å². The number of amides is 2. The number of carbonyl (C=O) groups excluding carboxylic acids is 2. The van der Waals surface area contributed by atoms with Crippen molar-refractivity contribution in [2.75, 3.05) is 39.2 Å². The van der Waals surface area contributed by atoms with Crippen LogP contribution in [0.5, 0.6) is 11.5 Å². The van der Waals surface area contributed by atoms with Crippen LogP contribution in [-0.2, 0) is 6.54 Å². The van der Waals surface area contributed by atoms with Crippen LogP contribution in [0.4, 0.5) is 5.69 Å². The number of anilines is 1. The van der Waals surface area contributed by atoms with Crippen LogP contribution in [0.25, 0.3) is 0 Å². The topological polar surface area (TPSA) is 104 Å². The smallest absolute Gasteiger partial charge is 0.258 e. The molecule has 0 fully saturated rings. The van der Waals surface area contributed by atoms with E-state index in [9.17, 15) is 14.7 Å². The minimum Gasteiger partial charge on any atom is -0.497 e. The molecule has 3 aromatic rings. The number of nitrogens with one attached hydrogen (secondary N) is 1. The molecule has 0 saturated heterocycles. The largest absolute Gasteiger partial charge is 0.497 e. The number of nitrogens with zero attached hydrogens (tertiary/aromatic N) is 3. The molecular formula is C30H36N4O5. The Balaban J connectivity index is 1.64. The lowest BCUT2D eigenvalue weighted by Crippen LogP contribution is -2.49. The Labute approximate surface area is 229 Å². The molecule has 9 nitrogen and oxygen atoms in total. The zero-order valence-corrected chi connectivity index (χ0v) is 22.8. The lowest BCUT2D eigenvalue weighted by molar-refractivity contribution is 0.0343. The molecule has 0 radical (unpaired) electrons. The third kappa shape index (κ3) is 6.74. The quantitative estimate of drug-likeness (QED) is 0.433. The SMILES string of the molecule is COc1ccc(CN(C)C[C@@H]2Oc3c(NC(=O)c4ccncc4)cccc3C(=O)N([C@H](C)CO)C[C@H]2C)cc1. The molecule has 206 valence electrons. The number of aromatic nitrogens is 1. The van der Waals surface area contributed by atoms with Crippen LogP contribution in [-0.4, -0.2) is 77.7 Å². The average molecular weight is 533 g/mol. The highest BCUT2D eigenvalue weighted by molar-refractivity contribution is 6.07. The summed E-state index contributed by atoms with van der Waals surface area (Å²) in [6.07, 6.45) is 2.80. The van der Waals surface area contributed by atoms with Gasteiger partial charge >= 0.3 is 0 Å². The van der Waals surface area contributed by atoms with Crippen molar-refractivity contribution >= 4 is 17.5 Å². The summed E-state index contributed by atoms with van der Waals surface area (Å²) in [5, 5.41) is 12.8. The summed E-state index contributed by atoms with van der Waals surface area (Å²) < 4.78 is 11.9. The summed E-state index contributed by atoms with van der Waals surface area (Å²) in [5.41, 5.74) is 2.33. The first kappa shape index (κ1) is 28.1. The van der Waals surface area contributed by atoms with E-state index >= 15 is 0 Å². The first-order chi connectivity index (χ1) is 18.8. The molecule has 39 heavy (non-hydrogen) atoms. The van der Waals surface area contributed by atoms with Gasteiger partial charge in [0.2, 0.25) is 0 Å². The van der Waals surface area contributed by atoms with Gasteiger partial charge < -0.3 is 24.8 Å². The lowest BCUT2D eigenvalue weighted by Gasteiger charge is -2.38. The predicted molar refractivity (Wildman–Crippen MR) is 149 cm³/mol. The summed E-state index contributed by atoms with van der Waals surface area (Å²) in [6.45, 7) is 5.41. The molecule has 2 heterocycles. The fraction of sp³-hybridized carbons (Fsp3) is 0.367. The predicted octanol–water partition coefficient (Wildman–Crippen LogP) is 3.69. The van der Waals surface area contributed by atoms with Crippen LogP contribution in [0.3, 0.4) is 0 Å². The molecule has 3 atom stereocenters. The van der Waals surface area contributed by atoms with Crippen molar-refractivity contribution in [3.05, 3.63) is 83.7 Å². The van der Waals surface area contributed by atoms with Gasteiger partial charge in [-0.3, -0.25) is 19.5 Å². The van der Waals surface area contributed by atoms with Gasteiger partial charge in [-0.1, -0.05) is 25.1 Å². The van der Waals surface area contributed by atoms with Gasteiger partial charge in [-0.15, -0.1) is 0 Å². The number of carbonyl (C=O) groups is 2. The molecule has 2 aromatic carbocycles. The number of rotatable bonds is 9. The molecule has 2 amide bonds. The minimum atomic E-state index is -0.376. The maximum absolute atomic E-state index is 13.7. The maximum Gasteiger partial charge on any atom is 0.258 e. The Morgan fingerprint density at radius 2 is 1.92 bits per heavy atom. The number of aliphatic hydroxyl groups excluding tert-OH is 1. The second kappa shape index (κ2) is 12.7. The van der Waals surface area contributed by atoms with E-state index in [0.29, 0.717) is 42.2 Å². The summed E-state index contributed by atoms with van der Waals surface area (Å²) in [5.74, 6) is 0.501. The van der Waals surface area contributed by atoms with E-state index in [4.69, 9.17) is 9.47 Å². The van der Waals surface area contributed by atoms with E-state index in [-0.39, 0.29) is 36.5 Å². The zero-order chi connectivity index (χ0) is 27.9. The number of aliphatic hydroxyl groups is 1. The first-order valence-corrected chi connectivity index (χ1v) is 13.0. The molecule has 0 aliphatic carbocycles. The van der Waals surface area contributed by atoms with Gasteiger partial charge in [0.1, 0.15) is 11.9 Å². The minimum absolute atomic E-state index is 0.0571. The number of hydrogen-bond donors (Lipinski definition) is 2. The molecule has 0 saturated carbocycles. The third-order valence-electron chi connectivity index (χ3n) is 6.99. The van der Waals surface area contributed by atoms with Gasteiger partial charge in [0.15, 0.2) is 5.75 Å². The highest BCUT2D eigenvalue weighted by Gasteiger charge is 2.34. The van der Waals surface area contributed by atoms with Crippen LogP contribution in [0.15, 0.2) is 67.0 Å². The van der Waals surface area contributed by atoms with Crippen molar-refractivity contribution in [1.82, 2.24) is 14.8 Å². The average Bonchev–Trinajstić information content (AvgIpc) is 2.95. The van der Waals surface area contributed by atoms with Gasteiger partial charge in [-0.2, -0.15) is 0 Å². The molecule has 0 bridgehead atoms. The molecular weight excluding hydrogens is 496 g/mol. The van der Waals surface area contributed by atoms with E-state index in [1.165, 1.54) is 0 Å². The monoisotopic (exact) mass is 532 g/mol. The van der Waals surface area contributed by atoms with Crippen LogP contribution in [0.1, 0.15) is 40.1 Å². The Morgan fingerprint density at radius 3 is 2.59 bits per heavy atom. The van der Waals surface area contributed by atoms with Crippen molar-refractivity contribution in [3.63, 3.8) is 0 Å². The fourth-order valence-corrected chi connectivity index (χ4v) is 4.67. The number of hydrogen-bond acceptors (Lipinski definition) is 7. The van der Waals surface area contributed by atoms with Crippen molar-refractivity contribution < 1.29 is 24.2 Å². The molecule has 9 heteroatoms. The standard InChI is InChI=1S/C30H36N4O5/c1-20-16-34(21(2)19-35)30(37)25-6-5-7-26(32-29(36)23-12-14-31-15-13-23)28(25)39-27(20)18-33(3)17-22-8-10-24(38-4)11-9-22/h5-15,20-21,27,35H,16-19H2,1-4H3,(H,32,36)/t20-,21-,27+/m1/s1. The zero-order valence-electron chi connectivity index (χ0n) is 22.8.